The van der Waals surface area contributed by atoms with Crippen LogP contribution in [0.25, 0.3) is 0 Å². The van der Waals surface area contributed by atoms with Gasteiger partial charge in [-0.05, 0) is 37.7 Å². The normalized spacial score (nSPS) is 10.2. The van der Waals surface area contributed by atoms with Crippen LogP contribution in [0, 0.1) is 0 Å². The SMILES string of the molecule is COC(=O)CCCCCSc1cccc(C(C)=O)c1. The number of hydrogen-bond donors (Lipinski definition) is 0. The van der Waals surface area contributed by atoms with Crippen LogP contribution in [0.4, 0.5) is 0 Å². The predicted octanol–water partition coefficient (Wildman–Crippen LogP) is 3.71. The number of methoxy groups -OCH3 is 1. The van der Waals surface area contributed by atoms with Crippen molar-refractivity contribution < 1.29 is 14.3 Å². The monoisotopic (exact) mass is 280 g/mol. The summed E-state index contributed by atoms with van der Waals surface area (Å²) in [6.45, 7) is 1.58. The van der Waals surface area contributed by atoms with Crippen LogP contribution in [0.3, 0.4) is 0 Å². The van der Waals surface area contributed by atoms with E-state index in [0.29, 0.717) is 6.42 Å². The van der Waals surface area contributed by atoms with E-state index in [1.807, 2.05) is 24.3 Å². The number of ketones is 1. The van der Waals surface area contributed by atoms with Crippen molar-refractivity contribution in [3.05, 3.63) is 29.8 Å². The molecule has 3 nitrogen and oxygen atoms in total. The van der Waals surface area contributed by atoms with Gasteiger partial charge in [-0.15, -0.1) is 11.8 Å². The summed E-state index contributed by atoms with van der Waals surface area (Å²) in [5.74, 6) is 0.963. The zero-order valence-electron chi connectivity index (χ0n) is 11.5. The van der Waals surface area contributed by atoms with Crippen LogP contribution >= 0.6 is 11.8 Å². The Morgan fingerprint density at radius 1 is 1.21 bits per heavy atom. The van der Waals surface area contributed by atoms with E-state index in [-0.39, 0.29) is 11.8 Å². The van der Waals surface area contributed by atoms with Gasteiger partial charge in [0.2, 0.25) is 0 Å². The summed E-state index contributed by atoms with van der Waals surface area (Å²) in [7, 11) is 1.42. The summed E-state index contributed by atoms with van der Waals surface area (Å²) >= 11 is 1.75. The minimum atomic E-state index is -0.137. The minimum Gasteiger partial charge on any atom is -0.469 e. The molecule has 0 aliphatic rings. The summed E-state index contributed by atoms with van der Waals surface area (Å²) in [4.78, 5) is 23.3. The smallest absolute Gasteiger partial charge is 0.305 e. The van der Waals surface area contributed by atoms with Crippen LogP contribution in [0.5, 0.6) is 0 Å². The number of Topliss-reactive ketones (excluding diaryl/α,β-unsaturated/α-hetero) is 1. The Morgan fingerprint density at radius 2 is 2.00 bits per heavy atom. The lowest BCUT2D eigenvalue weighted by Crippen LogP contribution is -1.99. The number of thioether (sulfide) groups is 1. The first-order valence-electron chi connectivity index (χ1n) is 6.44. The molecule has 0 radical (unpaired) electrons. The van der Waals surface area contributed by atoms with Crippen molar-refractivity contribution in [2.45, 2.75) is 37.5 Å². The molecule has 0 saturated carbocycles. The lowest BCUT2D eigenvalue weighted by Gasteiger charge is -2.03. The number of benzene rings is 1. The second-order valence-corrected chi connectivity index (χ2v) is 5.49. The highest BCUT2D eigenvalue weighted by atomic mass is 32.2. The maximum atomic E-state index is 11.3. The van der Waals surface area contributed by atoms with Gasteiger partial charge >= 0.3 is 5.97 Å². The van der Waals surface area contributed by atoms with E-state index >= 15 is 0 Å². The van der Waals surface area contributed by atoms with E-state index in [2.05, 4.69) is 4.74 Å². The summed E-state index contributed by atoms with van der Waals surface area (Å²) in [5, 5.41) is 0. The van der Waals surface area contributed by atoms with Gasteiger partial charge in [0.1, 0.15) is 0 Å². The molecule has 0 spiro atoms. The van der Waals surface area contributed by atoms with Gasteiger partial charge in [0, 0.05) is 16.9 Å². The third-order valence-corrected chi connectivity index (χ3v) is 3.84. The van der Waals surface area contributed by atoms with Crippen molar-refractivity contribution in [1.82, 2.24) is 0 Å². The van der Waals surface area contributed by atoms with Crippen molar-refractivity contribution in [3.8, 4) is 0 Å². The van der Waals surface area contributed by atoms with Gasteiger partial charge in [-0.3, -0.25) is 9.59 Å². The van der Waals surface area contributed by atoms with E-state index in [1.54, 1.807) is 18.7 Å². The molecule has 0 amide bonds. The molecular formula is C15H20O3S. The Balaban J connectivity index is 2.21. The van der Waals surface area contributed by atoms with Gasteiger partial charge in [0.05, 0.1) is 7.11 Å². The topological polar surface area (TPSA) is 43.4 Å². The van der Waals surface area contributed by atoms with E-state index < -0.39 is 0 Å². The van der Waals surface area contributed by atoms with Crippen LogP contribution in [0.1, 0.15) is 43.0 Å². The highest BCUT2D eigenvalue weighted by Gasteiger charge is 2.02. The third-order valence-electron chi connectivity index (χ3n) is 2.76. The summed E-state index contributed by atoms with van der Waals surface area (Å²) in [6, 6.07) is 7.70. The van der Waals surface area contributed by atoms with Crippen LogP contribution < -0.4 is 0 Å². The molecule has 104 valence electrons. The van der Waals surface area contributed by atoms with Crippen molar-refractivity contribution in [1.29, 1.82) is 0 Å². The molecule has 0 aliphatic carbocycles. The van der Waals surface area contributed by atoms with Gasteiger partial charge in [-0.25, -0.2) is 0 Å². The molecule has 0 saturated heterocycles. The van der Waals surface area contributed by atoms with Crippen LogP contribution in [0.2, 0.25) is 0 Å². The minimum absolute atomic E-state index is 0.0977. The fourth-order valence-electron chi connectivity index (χ4n) is 1.65. The van der Waals surface area contributed by atoms with Gasteiger partial charge in [0.15, 0.2) is 5.78 Å². The van der Waals surface area contributed by atoms with E-state index in [1.165, 1.54) is 7.11 Å². The van der Waals surface area contributed by atoms with Crippen molar-refractivity contribution in [3.63, 3.8) is 0 Å². The number of carbonyl (C=O) groups is 2. The Hall–Kier alpha value is -1.29. The Bertz CT molecular complexity index is 429. The highest BCUT2D eigenvalue weighted by molar-refractivity contribution is 7.99. The van der Waals surface area contributed by atoms with Gasteiger partial charge in [-0.1, -0.05) is 18.6 Å². The quantitative estimate of drug-likeness (QED) is 0.315. The highest BCUT2D eigenvalue weighted by Crippen LogP contribution is 2.21. The average molecular weight is 280 g/mol. The Labute approximate surface area is 118 Å². The molecule has 0 atom stereocenters. The molecule has 1 rings (SSSR count). The number of hydrogen-bond acceptors (Lipinski definition) is 4. The fourth-order valence-corrected chi connectivity index (χ4v) is 2.61. The molecule has 4 heteroatoms. The standard InChI is InChI=1S/C15H20O3S/c1-12(16)13-7-6-8-14(11-13)19-10-5-3-4-9-15(17)18-2/h6-8,11H,3-5,9-10H2,1-2H3. The molecule has 0 N–H and O–H groups in total. The van der Waals surface area contributed by atoms with E-state index in [9.17, 15) is 9.59 Å². The summed E-state index contributed by atoms with van der Waals surface area (Å²) in [5.41, 5.74) is 0.760. The maximum Gasteiger partial charge on any atom is 0.305 e. The molecule has 1 aromatic rings. The number of esters is 1. The lowest BCUT2D eigenvalue weighted by molar-refractivity contribution is -0.140. The van der Waals surface area contributed by atoms with Crippen LogP contribution in [-0.2, 0) is 9.53 Å². The number of ether oxygens (including phenoxy) is 1. The molecule has 19 heavy (non-hydrogen) atoms. The zero-order valence-corrected chi connectivity index (χ0v) is 12.3. The van der Waals surface area contributed by atoms with E-state index in [0.717, 1.165) is 35.5 Å². The lowest BCUT2D eigenvalue weighted by atomic mass is 10.2. The van der Waals surface area contributed by atoms with Crippen LogP contribution in [-0.4, -0.2) is 24.6 Å². The molecule has 0 aromatic heterocycles. The molecule has 0 fully saturated rings. The third kappa shape index (κ3) is 6.43. The second-order valence-electron chi connectivity index (χ2n) is 4.32. The molecule has 0 heterocycles. The predicted molar refractivity (Wildman–Crippen MR) is 77.7 cm³/mol. The number of unbranched alkanes of at least 4 members (excludes halogenated alkanes) is 2. The molecule has 0 bridgehead atoms. The number of carbonyl (C=O) groups excluding carboxylic acids is 2. The molecule has 1 aromatic carbocycles. The van der Waals surface area contributed by atoms with Gasteiger partial charge in [0.25, 0.3) is 0 Å². The van der Waals surface area contributed by atoms with Gasteiger partial charge < -0.3 is 4.74 Å². The molecule has 0 unspecified atom stereocenters. The first-order valence-corrected chi connectivity index (χ1v) is 7.42. The summed E-state index contributed by atoms with van der Waals surface area (Å²) in [6.07, 6.45) is 3.46. The largest absolute Gasteiger partial charge is 0.469 e. The Morgan fingerprint density at radius 3 is 2.68 bits per heavy atom. The van der Waals surface area contributed by atoms with Crippen LogP contribution in [0.15, 0.2) is 29.2 Å². The number of rotatable bonds is 8. The molecule has 0 aliphatic heterocycles. The molecular weight excluding hydrogens is 260 g/mol. The van der Waals surface area contributed by atoms with E-state index in [4.69, 9.17) is 0 Å². The Kier molecular flexibility index (Phi) is 7.26. The summed E-state index contributed by atoms with van der Waals surface area (Å²) < 4.78 is 4.59. The first kappa shape index (κ1) is 15.8. The second kappa shape index (κ2) is 8.75. The average Bonchev–Trinajstić information content (AvgIpc) is 2.42. The fraction of sp³-hybridized carbons (Fsp3) is 0.467. The first-order chi connectivity index (χ1) is 9.13. The van der Waals surface area contributed by atoms with Crippen molar-refractivity contribution in [2.75, 3.05) is 12.9 Å². The van der Waals surface area contributed by atoms with Crippen molar-refractivity contribution >= 4 is 23.5 Å². The van der Waals surface area contributed by atoms with Gasteiger partial charge in [-0.2, -0.15) is 0 Å². The van der Waals surface area contributed by atoms with Crippen molar-refractivity contribution in [2.24, 2.45) is 0 Å². The zero-order chi connectivity index (χ0) is 14.1. The maximum absolute atomic E-state index is 11.3.